The zero-order valence-corrected chi connectivity index (χ0v) is 19.0. The van der Waals surface area contributed by atoms with Crippen molar-refractivity contribution in [2.24, 2.45) is 0 Å². The van der Waals surface area contributed by atoms with Crippen LogP contribution < -0.4 is 11.1 Å². The lowest BCUT2D eigenvalue weighted by atomic mass is 9.95. The van der Waals surface area contributed by atoms with Gasteiger partial charge in [0.25, 0.3) is 0 Å². The lowest BCUT2D eigenvalue weighted by molar-refractivity contribution is 0.282. The zero-order chi connectivity index (χ0) is 23.1. The largest absolute Gasteiger partial charge is 0.399 e. The predicted octanol–water partition coefficient (Wildman–Crippen LogP) is 5.90. The molecule has 2 heterocycles. The Morgan fingerprint density at radius 1 is 1.00 bits per heavy atom. The molecule has 2 aromatic heterocycles. The third-order valence-electron chi connectivity index (χ3n) is 6.89. The van der Waals surface area contributed by atoms with Crippen LogP contribution in [0.3, 0.4) is 0 Å². The molecule has 0 amide bonds. The van der Waals surface area contributed by atoms with E-state index in [2.05, 4.69) is 44.3 Å². The minimum absolute atomic E-state index is 0.00573. The first kappa shape index (κ1) is 20.7. The second-order valence-corrected chi connectivity index (χ2v) is 9.16. The number of hydrogen-bond donors (Lipinski definition) is 4. The molecule has 0 aliphatic heterocycles. The fourth-order valence-electron chi connectivity index (χ4n) is 5.15. The van der Waals surface area contributed by atoms with Crippen LogP contribution in [0, 0.1) is 0 Å². The van der Waals surface area contributed by atoms with E-state index in [1.807, 2.05) is 36.4 Å². The van der Waals surface area contributed by atoms with Crippen LogP contribution in [0.5, 0.6) is 0 Å². The van der Waals surface area contributed by atoms with Gasteiger partial charge in [0.15, 0.2) is 5.82 Å². The van der Waals surface area contributed by atoms with Crippen molar-refractivity contribution in [2.75, 3.05) is 11.1 Å². The molecule has 5 N–H and O–H groups in total. The lowest BCUT2D eigenvalue weighted by Gasteiger charge is -2.25. The standard InChI is InChI=1S/C27H28N6O/c28-20-6-4-5-18(14-20)19-10-11-23-22(15-19)26(32-31-23)30-27-29-24-13-17(16-34)9-12-25(24)33(27)21-7-2-1-3-8-21/h4-6,9-15,21,34H,1-3,7-8,16,28H2,(H2,29,30,31,32). The van der Waals surface area contributed by atoms with Gasteiger partial charge in [-0.3, -0.25) is 5.10 Å². The molecular formula is C27H28N6O. The smallest absolute Gasteiger partial charge is 0.209 e. The minimum Gasteiger partial charge on any atom is -0.399 e. The van der Waals surface area contributed by atoms with Crippen LogP contribution in [-0.4, -0.2) is 24.9 Å². The van der Waals surface area contributed by atoms with Gasteiger partial charge in [-0.2, -0.15) is 5.10 Å². The average Bonchev–Trinajstić information content (AvgIpc) is 3.44. The SMILES string of the molecule is Nc1cccc(-c2ccc3[nH]nc(Nc4nc5cc(CO)ccc5n4C4CCCCC4)c3c2)c1. The summed E-state index contributed by atoms with van der Waals surface area (Å²) in [6.07, 6.45) is 6.03. The van der Waals surface area contributed by atoms with Gasteiger partial charge in [0.2, 0.25) is 5.95 Å². The summed E-state index contributed by atoms with van der Waals surface area (Å²) >= 11 is 0. The number of benzene rings is 3. The highest BCUT2D eigenvalue weighted by Gasteiger charge is 2.23. The molecule has 3 aromatic carbocycles. The molecule has 0 radical (unpaired) electrons. The van der Waals surface area contributed by atoms with Gasteiger partial charge >= 0.3 is 0 Å². The van der Waals surface area contributed by atoms with E-state index in [9.17, 15) is 5.11 Å². The van der Waals surface area contributed by atoms with Gasteiger partial charge < -0.3 is 20.7 Å². The van der Waals surface area contributed by atoms with Crippen LogP contribution in [0.2, 0.25) is 0 Å². The van der Waals surface area contributed by atoms with Crippen molar-refractivity contribution < 1.29 is 5.11 Å². The fourth-order valence-corrected chi connectivity index (χ4v) is 5.15. The number of nitrogens with zero attached hydrogens (tertiary/aromatic N) is 3. The maximum absolute atomic E-state index is 9.61. The van der Waals surface area contributed by atoms with Crippen LogP contribution >= 0.6 is 0 Å². The van der Waals surface area contributed by atoms with Gasteiger partial charge in [0.1, 0.15) is 0 Å². The van der Waals surface area contributed by atoms with E-state index in [0.717, 1.165) is 68.9 Å². The van der Waals surface area contributed by atoms with Gasteiger partial charge in [-0.05, 0) is 65.9 Å². The molecule has 0 saturated heterocycles. The molecule has 0 atom stereocenters. The molecule has 1 saturated carbocycles. The number of rotatable bonds is 5. The number of hydrogen-bond acceptors (Lipinski definition) is 5. The minimum atomic E-state index is 0.00573. The van der Waals surface area contributed by atoms with Crippen LogP contribution in [-0.2, 0) is 6.61 Å². The molecule has 1 aliphatic carbocycles. The van der Waals surface area contributed by atoms with Gasteiger partial charge in [-0.25, -0.2) is 4.98 Å². The molecular weight excluding hydrogens is 424 g/mol. The number of anilines is 3. The van der Waals surface area contributed by atoms with Crippen LogP contribution in [0.25, 0.3) is 33.1 Å². The maximum atomic E-state index is 9.61. The first-order valence-electron chi connectivity index (χ1n) is 11.9. The Bertz CT molecular complexity index is 1480. The molecule has 5 aromatic rings. The van der Waals surface area contributed by atoms with Crippen LogP contribution in [0.15, 0.2) is 60.7 Å². The number of aromatic nitrogens is 4. The first-order valence-corrected chi connectivity index (χ1v) is 11.9. The molecule has 1 aliphatic rings. The summed E-state index contributed by atoms with van der Waals surface area (Å²) in [6, 6.07) is 20.6. The summed E-state index contributed by atoms with van der Waals surface area (Å²) in [5.74, 6) is 1.54. The molecule has 172 valence electrons. The highest BCUT2D eigenvalue weighted by molar-refractivity contribution is 5.95. The highest BCUT2D eigenvalue weighted by Crippen LogP contribution is 2.36. The Kier molecular flexibility index (Phi) is 5.19. The number of H-pyrrole nitrogens is 1. The number of nitrogens with one attached hydrogen (secondary N) is 2. The lowest BCUT2D eigenvalue weighted by Crippen LogP contribution is -2.15. The van der Waals surface area contributed by atoms with Gasteiger partial charge in [0, 0.05) is 17.1 Å². The molecule has 34 heavy (non-hydrogen) atoms. The van der Waals surface area contributed by atoms with Crippen LogP contribution in [0.4, 0.5) is 17.5 Å². The van der Waals surface area contributed by atoms with E-state index in [1.165, 1.54) is 19.3 Å². The van der Waals surface area contributed by atoms with Crippen LogP contribution in [0.1, 0.15) is 43.7 Å². The number of aromatic amines is 1. The molecule has 0 spiro atoms. The first-order chi connectivity index (χ1) is 16.7. The summed E-state index contributed by atoms with van der Waals surface area (Å²) in [5, 5.41) is 21.9. The third-order valence-corrected chi connectivity index (χ3v) is 6.89. The van der Waals surface area contributed by atoms with E-state index in [0.29, 0.717) is 6.04 Å². The number of imidazole rings is 1. The molecule has 0 bridgehead atoms. The number of nitrogen functional groups attached to an aromatic ring is 1. The normalized spacial score (nSPS) is 14.7. The van der Waals surface area contributed by atoms with Crippen molar-refractivity contribution in [3.63, 3.8) is 0 Å². The number of aliphatic hydroxyl groups is 1. The molecule has 7 nitrogen and oxygen atoms in total. The zero-order valence-electron chi connectivity index (χ0n) is 19.0. The maximum Gasteiger partial charge on any atom is 0.209 e. The molecule has 1 fully saturated rings. The predicted molar refractivity (Wildman–Crippen MR) is 137 cm³/mol. The van der Waals surface area contributed by atoms with Crippen molar-refractivity contribution in [1.82, 2.24) is 19.7 Å². The van der Waals surface area contributed by atoms with Gasteiger partial charge in [0.05, 0.1) is 23.2 Å². The van der Waals surface area contributed by atoms with Crippen molar-refractivity contribution in [3.05, 3.63) is 66.2 Å². The van der Waals surface area contributed by atoms with Crippen molar-refractivity contribution in [1.29, 1.82) is 0 Å². The van der Waals surface area contributed by atoms with E-state index >= 15 is 0 Å². The fraction of sp³-hybridized carbons (Fsp3) is 0.259. The van der Waals surface area contributed by atoms with E-state index in [-0.39, 0.29) is 6.61 Å². The Balaban J connectivity index is 1.44. The Morgan fingerprint density at radius 2 is 1.85 bits per heavy atom. The molecule has 0 unspecified atom stereocenters. The topological polar surface area (TPSA) is 105 Å². The molecule has 6 rings (SSSR count). The Labute approximate surface area is 197 Å². The van der Waals surface area contributed by atoms with Crippen molar-refractivity contribution in [2.45, 2.75) is 44.8 Å². The third kappa shape index (κ3) is 3.68. The quantitative estimate of drug-likeness (QED) is 0.248. The Morgan fingerprint density at radius 3 is 2.68 bits per heavy atom. The van der Waals surface area contributed by atoms with Crippen molar-refractivity contribution in [3.8, 4) is 11.1 Å². The number of fused-ring (bicyclic) bond motifs is 2. The second kappa shape index (κ2) is 8.50. The average molecular weight is 453 g/mol. The molecule has 7 heteroatoms. The van der Waals surface area contributed by atoms with Crippen molar-refractivity contribution >= 4 is 39.4 Å². The monoisotopic (exact) mass is 452 g/mol. The Hall–Kier alpha value is -3.84. The summed E-state index contributed by atoms with van der Waals surface area (Å²) < 4.78 is 2.33. The summed E-state index contributed by atoms with van der Waals surface area (Å²) in [5.41, 5.74) is 12.7. The van der Waals surface area contributed by atoms with Gasteiger partial charge in [-0.1, -0.05) is 43.5 Å². The highest BCUT2D eigenvalue weighted by atomic mass is 16.3. The summed E-state index contributed by atoms with van der Waals surface area (Å²) in [6.45, 7) is 0.00573. The van der Waals surface area contributed by atoms with E-state index in [1.54, 1.807) is 0 Å². The second-order valence-electron chi connectivity index (χ2n) is 9.16. The summed E-state index contributed by atoms with van der Waals surface area (Å²) in [4.78, 5) is 4.94. The van der Waals surface area contributed by atoms with E-state index < -0.39 is 0 Å². The van der Waals surface area contributed by atoms with E-state index in [4.69, 9.17) is 10.7 Å². The number of aliphatic hydroxyl groups excluding tert-OH is 1. The van der Waals surface area contributed by atoms with Gasteiger partial charge in [-0.15, -0.1) is 0 Å². The number of nitrogens with two attached hydrogens (primary N) is 1. The summed E-state index contributed by atoms with van der Waals surface area (Å²) in [7, 11) is 0.